The third kappa shape index (κ3) is 3.59. The van der Waals surface area contributed by atoms with Gasteiger partial charge in [-0.15, -0.1) is 0 Å². The van der Waals surface area contributed by atoms with Gasteiger partial charge in [-0.3, -0.25) is 9.78 Å². The van der Waals surface area contributed by atoms with Gasteiger partial charge in [0.25, 0.3) is 0 Å². The molecule has 2 aromatic rings. The summed E-state index contributed by atoms with van der Waals surface area (Å²) in [6.07, 6.45) is 9.26. The van der Waals surface area contributed by atoms with Crippen molar-refractivity contribution >= 4 is 5.91 Å². The summed E-state index contributed by atoms with van der Waals surface area (Å²) in [5.41, 5.74) is 2.04. The topological polar surface area (TPSA) is 51.2 Å². The number of hydrogen-bond donors (Lipinski definition) is 1. The molecule has 1 amide bonds. The van der Waals surface area contributed by atoms with Crippen molar-refractivity contribution in [1.82, 2.24) is 10.3 Å². The number of carbonyl (C=O) groups excluding carboxylic acids is 1. The first-order valence-corrected chi connectivity index (χ1v) is 7.77. The molecule has 1 aromatic heterocycles. The van der Waals surface area contributed by atoms with Gasteiger partial charge < -0.3 is 10.1 Å². The van der Waals surface area contributed by atoms with Gasteiger partial charge >= 0.3 is 0 Å². The van der Waals surface area contributed by atoms with Gasteiger partial charge in [0.1, 0.15) is 5.75 Å². The molecule has 0 spiro atoms. The van der Waals surface area contributed by atoms with Crippen molar-refractivity contribution in [2.75, 3.05) is 7.11 Å². The Bertz CT molecular complexity index is 672. The molecule has 1 N–H and O–H groups in total. The van der Waals surface area contributed by atoms with Crippen LogP contribution in [0.1, 0.15) is 30.0 Å². The molecule has 0 saturated heterocycles. The molecule has 3 rings (SSSR count). The molecule has 0 bridgehead atoms. The second-order valence-electron chi connectivity index (χ2n) is 5.64. The minimum absolute atomic E-state index is 0.0394. The lowest BCUT2D eigenvalue weighted by Gasteiger charge is -2.22. The average Bonchev–Trinajstić information content (AvgIpc) is 3.15. The molecule has 0 unspecified atom stereocenters. The van der Waals surface area contributed by atoms with Crippen molar-refractivity contribution in [3.8, 4) is 5.75 Å². The van der Waals surface area contributed by atoms with Crippen molar-refractivity contribution < 1.29 is 9.53 Å². The van der Waals surface area contributed by atoms with Crippen LogP contribution in [0.25, 0.3) is 0 Å². The molecule has 1 heterocycles. The number of amides is 1. The fourth-order valence-corrected chi connectivity index (χ4v) is 2.80. The Balaban J connectivity index is 1.85. The highest BCUT2D eigenvalue weighted by molar-refractivity contribution is 5.80. The SMILES string of the molecule is COc1ccc([C@H](NC(=O)C2CC=CC2)c2ccncc2)cc1. The zero-order valence-electron chi connectivity index (χ0n) is 13.1. The zero-order chi connectivity index (χ0) is 16.1. The average molecular weight is 308 g/mol. The van der Waals surface area contributed by atoms with E-state index in [0.29, 0.717) is 0 Å². The van der Waals surface area contributed by atoms with Crippen LogP contribution in [0.4, 0.5) is 0 Å². The Morgan fingerprint density at radius 1 is 1.09 bits per heavy atom. The van der Waals surface area contributed by atoms with Gasteiger partial charge in [-0.05, 0) is 48.2 Å². The summed E-state index contributed by atoms with van der Waals surface area (Å²) in [7, 11) is 1.64. The van der Waals surface area contributed by atoms with Crippen LogP contribution in [0.3, 0.4) is 0 Å². The van der Waals surface area contributed by atoms with Gasteiger partial charge in [0.05, 0.1) is 13.2 Å². The first-order valence-electron chi connectivity index (χ1n) is 7.77. The third-order valence-corrected chi connectivity index (χ3v) is 4.15. The van der Waals surface area contributed by atoms with Crippen LogP contribution < -0.4 is 10.1 Å². The van der Waals surface area contributed by atoms with E-state index in [1.807, 2.05) is 36.4 Å². The highest BCUT2D eigenvalue weighted by Crippen LogP contribution is 2.26. The number of nitrogens with zero attached hydrogens (tertiary/aromatic N) is 1. The van der Waals surface area contributed by atoms with Crippen molar-refractivity contribution in [1.29, 1.82) is 0 Å². The number of rotatable bonds is 5. The number of nitrogens with one attached hydrogen (secondary N) is 1. The molecule has 1 atom stereocenters. The molecule has 1 aliphatic rings. The molecule has 0 radical (unpaired) electrons. The molecule has 4 heteroatoms. The molecule has 118 valence electrons. The van der Waals surface area contributed by atoms with E-state index in [-0.39, 0.29) is 17.9 Å². The number of hydrogen-bond acceptors (Lipinski definition) is 3. The molecular formula is C19H20N2O2. The van der Waals surface area contributed by atoms with Gasteiger partial charge in [0, 0.05) is 18.3 Å². The van der Waals surface area contributed by atoms with Crippen LogP contribution in [0.15, 0.2) is 60.9 Å². The summed E-state index contributed by atoms with van der Waals surface area (Å²) in [6.45, 7) is 0. The molecule has 1 aromatic carbocycles. The van der Waals surface area contributed by atoms with Crippen LogP contribution in [-0.4, -0.2) is 18.0 Å². The lowest BCUT2D eigenvalue weighted by molar-refractivity contribution is -0.125. The molecule has 1 aliphatic carbocycles. The number of pyridine rings is 1. The van der Waals surface area contributed by atoms with Crippen LogP contribution >= 0.6 is 0 Å². The van der Waals surface area contributed by atoms with Crippen LogP contribution in [-0.2, 0) is 4.79 Å². The molecular weight excluding hydrogens is 288 g/mol. The van der Waals surface area contributed by atoms with Crippen LogP contribution in [0, 0.1) is 5.92 Å². The first kappa shape index (κ1) is 15.3. The number of ether oxygens (including phenoxy) is 1. The van der Waals surface area contributed by atoms with E-state index in [0.717, 1.165) is 29.7 Å². The van der Waals surface area contributed by atoms with E-state index in [2.05, 4.69) is 22.5 Å². The normalized spacial score (nSPS) is 15.3. The quantitative estimate of drug-likeness (QED) is 0.863. The summed E-state index contributed by atoms with van der Waals surface area (Å²) in [4.78, 5) is 16.6. The second kappa shape index (κ2) is 7.09. The fraction of sp³-hybridized carbons (Fsp3) is 0.263. The molecule has 0 saturated carbocycles. The van der Waals surface area contributed by atoms with Gasteiger partial charge in [-0.2, -0.15) is 0 Å². The maximum atomic E-state index is 12.5. The van der Waals surface area contributed by atoms with E-state index in [4.69, 9.17) is 4.74 Å². The predicted molar refractivity (Wildman–Crippen MR) is 89.1 cm³/mol. The van der Waals surface area contributed by atoms with Gasteiger partial charge in [-0.1, -0.05) is 24.3 Å². The Labute approximate surface area is 136 Å². The van der Waals surface area contributed by atoms with Crippen molar-refractivity contribution in [2.24, 2.45) is 5.92 Å². The second-order valence-corrected chi connectivity index (χ2v) is 5.64. The van der Waals surface area contributed by atoms with E-state index in [9.17, 15) is 4.79 Å². The van der Waals surface area contributed by atoms with Crippen molar-refractivity contribution in [2.45, 2.75) is 18.9 Å². The predicted octanol–water partition coefficient (Wildman–Crippen LogP) is 3.26. The number of methoxy groups -OCH3 is 1. The highest BCUT2D eigenvalue weighted by atomic mass is 16.5. The van der Waals surface area contributed by atoms with E-state index in [1.165, 1.54) is 0 Å². The monoisotopic (exact) mass is 308 g/mol. The number of aromatic nitrogens is 1. The highest BCUT2D eigenvalue weighted by Gasteiger charge is 2.23. The summed E-state index contributed by atoms with van der Waals surface area (Å²) in [6, 6.07) is 11.5. The van der Waals surface area contributed by atoms with Gasteiger partial charge in [-0.25, -0.2) is 0 Å². The van der Waals surface area contributed by atoms with Gasteiger partial charge in [0.15, 0.2) is 0 Å². The first-order chi connectivity index (χ1) is 11.3. The van der Waals surface area contributed by atoms with E-state index >= 15 is 0 Å². The Morgan fingerprint density at radius 3 is 2.30 bits per heavy atom. The molecule has 0 aliphatic heterocycles. The largest absolute Gasteiger partial charge is 0.497 e. The summed E-state index contributed by atoms with van der Waals surface area (Å²) in [5.74, 6) is 0.929. The molecule has 4 nitrogen and oxygen atoms in total. The minimum atomic E-state index is -0.183. The third-order valence-electron chi connectivity index (χ3n) is 4.15. The van der Waals surface area contributed by atoms with Crippen LogP contribution in [0.2, 0.25) is 0 Å². The van der Waals surface area contributed by atoms with Gasteiger partial charge in [0.2, 0.25) is 5.91 Å². The Morgan fingerprint density at radius 2 is 1.70 bits per heavy atom. The van der Waals surface area contributed by atoms with Crippen molar-refractivity contribution in [3.63, 3.8) is 0 Å². The molecule has 23 heavy (non-hydrogen) atoms. The Hall–Kier alpha value is -2.62. The fourth-order valence-electron chi connectivity index (χ4n) is 2.80. The number of benzene rings is 1. The lowest BCUT2D eigenvalue weighted by Crippen LogP contribution is -2.33. The molecule has 0 fully saturated rings. The zero-order valence-corrected chi connectivity index (χ0v) is 13.1. The smallest absolute Gasteiger partial charge is 0.224 e. The Kier molecular flexibility index (Phi) is 4.71. The van der Waals surface area contributed by atoms with E-state index in [1.54, 1.807) is 19.5 Å². The summed E-state index contributed by atoms with van der Waals surface area (Å²) < 4.78 is 5.21. The summed E-state index contributed by atoms with van der Waals surface area (Å²) in [5, 5.41) is 3.18. The summed E-state index contributed by atoms with van der Waals surface area (Å²) >= 11 is 0. The maximum absolute atomic E-state index is 12.5. The lowest BCUT2D eigenvalue weighted by atomic mass is 9.97. The van der Waals surface area contributed by atoms with Crippen molar-refractivity contribution in [3.05, 3.63) is 72.1 Å². The maximum Gasteiger partial charge on any atom is 0.224 e. The number of carbonyl (C=O) groups is 1. The standard InChI is InChI=1S/C19H20N2O2/c1-23-17-8-6-14(7-9-17)18(15-10-12-20-13-11-15)21-19(22)16-4-2-3-5-16/h2-3,6-13,16,18H,4-5H2,1H3,(H,21,22)/t18-/m0/s1. The number of allylic oxidation sites excluding steroid dienone is 2. The minimum Gasteiger partial charge on any atom is -0.497 e. The van der Waals surface area contributed by atoms with E-state index < -0.39 is 0 Å². The van der Waals surface area contributed by atoms with Crippen LogP contribution in [0.5, 0.6) is 5.75 Å².